The molecule has 1 heterocycles. The molecule has 3 aromatic rings. The highest BCUT2D eigenvalue weighted by Crippen LogP contribution is 2.26. The number of sulfonamides is 1. The van der Waals surface area contributed by atoms with Gasteiger partial charge >= 0.3 is 6.18 Å². The normalized spacial score (nSPS) is 13.2. The summed E-state index contributed by atoms with van der Waals surface area (Å²) in [4.78, 5) is 16.4. The van der Waals surface area contributed by atoms with Gasteiger partial charge in [0.15, 0.2) is 5.13 Å². The second-order valence-electron chi connectivity index (χ2n) is 6.31. The minimum Gasteiger partial charge on any atom is -0.350 e. The van der Waals surface area contributed by atoms with E-state index in [0.717, 1.165) is 22.3 Å². The Morgan fingerprint density at radius 3 is 2.43 bits per heavy atom. The first-order valence-corrected chi connectivity index (χ1v) is 10.9. The molecule has 0 saturated carbocycles. The summed E-state index contributed by atoms with van der Waals surface area (Å²) in [6, 6.07) is 11.7. The number of fused-ring (bicyclic) bond motifs is 1. The molecule has 0 aliphatic heterocycles. The van der Waals surface area contributed by atoms with Crippen LogP contribution >= 0.6 is 11.3 Å². The molecular weight excluding hydrogens is 441 g/mol. The summed E-state index contributed by atoms with van der Waals surface area (Å²) in [5.74, 6) is -0.389. The van der Waals surface area contributed by atoms with Crippen LogP contribution < -0.4 is 15.4 Å². The number of anilines is 2. The van der Waals surface area contributed by atoms with Crippen molar-refractivity contribution >= 4 is 48.3 Å². The molecule has 12 heteroatoms. The molecule has 1 unspecified atom stereocenters. The Balaban J connectivity index is 1.60. The van der Waals surface area contributed by atoms with Crippen molar-refractivity contribution in [2.75, 3.05) is 17.2 Å². The zero-order valence-corrected chi connectivity index (χ0v) is 17.2. The number of carbonyl (C=O) groups excluding carboxylic acids is 1. The number of nitrogens with zero attached hydrogens (tertiary/aromatic N) is 1. The number of benzene rings is 2. The van der Waals surface area contributed by atoms with Crippen LogP contribution in [-0.2, 0) is 14.8 Å². The summed E-state index contributed by atoms with van der Waals surface area (Å²) in [5.41, 5.74) is 1.11. The zero-order chi connectivity index (χ0) is 21.9. The van der Waals surface area contributed by atoms with Gasteiger partial charge in [-0.25, -0.2) is 18.1 Å². The fraction of sp³-hybridized carbons (Fsp3) is 0.222. The Hall–Kier alpha value is -2.70. The number of para-hydroxylation sites is 1. The molecule has 7 nitrogen and oxygen atoms in total. The third-order valence-corrected chi connectivity index (χ3v) is 6.31. The molecule has 0 saturated heterocycles. The van der Waals surface area contributed by atoms with Crippen molar-refractivity contribution in [1.29, 1.82) is 0 Å². The first-order valence-electron chi connectivity index (χ1n) is 8.63. The molecule has 1 aromatic heterocycles. The number of amides is 1. The Bertz CT molecular complexity index is 1110. The van der Waals surface area contributed by atoms with E-state index in [1.807, 2.05) is 24.3 Å². The van der Waals surface area contributed by atoms with Crippen LogP contribution in [0, 0.1) is 0 Å². The van der Waals surface area contributed by atoms with Crippen molar-refractivity contribution in [3.63, 3.8) is 0 Å². The van der Waals surface area contributed by atoms with Gasteiger partial charge in [0, 0.05) is 5.69 Å². The zero-order valence-electron chi connectivity index (χ0n) is 15.5. The molecule has 0 aliphatic rings. The maximum atomic E-state index is 12.4. The Kier molecular flexibility index (Phi) is 6.29. The first kappa shape index (κ1) is 22.0. The van der Waals surface area contributed by atoms with Gasteiger partial charge in [0.25, 0.3) is 0 Å². The molecule has 0 spiro atoms. The van der Waals surface area contributed by atoms with Crippen molar-refractivity contribution in [1.82, 2.24) is 9.71 Å². The van der Waals surface area contributed by atoms with Gasteiger partial charge in [-0.2, -0.15) is 13.2 Å². The molecule has 2 aromatic carbocycles. The number of carbonyl (C=O) groups is 1. The number of aromatic nitrogens is 1. The maximum absolute atomic E-state index is 12.4. The summed E-state index contributed by atoms with van der Waals surface area (Å²) < 4.78 is 62.9. The Morgan fingerprint density at radius 1 is 1.13 bits per heavy atom. The van der Waals surface area contributed by atoms with Crippen LogP contribution in [0.3, 0.4) is 0 Å². The predicted octanol–water partition coefficient (Wildman–Crippen LogP) is 3.58. The molecule has 1 amide bonds. The number of thiazole rings is 1. The molecule has 0 radical (unpaired) electrons. The standard InChI is InChI=1S/C18H17F3N4O3S2/c1-11(23-17-25-14-4-2-3-5-15(14)29-17)16(26)24-12-6-8-13(9-7-12)30(27,28)22-10-18(19,20)21/h2-9,11,22H,10H2,1H3,(H,23,25)(H,24,26). The summed E-state index contributed by atoms with van der Waals surface area (Å²) in [6.07, 6.45) is -4.66. The lowest BCUT2D eigenvalue weighted by Crippen LogP contribution is -2.33. The van der Waals surface area contributed by atoms with Crippen molar-refractivity contribution in [3.8, 4) is 0 Å². The number of hydrogen-bond acceptors (Lipinski definition) is 6. The third-order valence-electron chi connectivity index (χ3n) is 3.92. The van der Waals surface area contributed by atoms with Crippen LogP contribution in [0.25, 0.3) is 10.2 Å². The smallest absolute Gasteiger partial charge is 0.350 e. The van der Waals surface area contributed by atoms with E-state index in [2.05, 4.69) is 15.6 Å². The molecule has 3 N–H and O–H groups in total. The molecular formula is C18H17F3N4O3S2. The number of halogens is 3. The lowest BCUT2D eigenvalue weighted by Gasteiger charge is -2.14. The van der Waals surface area contributed by atoms with Crippen LogP contribution in [0.4, 0.5) is 24.0 Å². The first-order chi connectivity index (χ1) is 14.0. The molecule has 3 rings (SSSR count). The van der Waals surface area contributed by atoms with Crippen LogP contribution in [0.5, 0.6) is 0 Å². The third kappa shape index (κ3) is 5.68. The Morgan fingerprint density at radius 2 is 1.80 bits per heavy atom. The number of rotatable bonds is 7. The molecule has 30 heavy (non-hydrogen) atoms. The number of hydrogen-bond donors (Lipinski definition) is 3. The molecule has 0 fully saturated rings. The summed E-state index contributed by atoms with van der Waals surface area (Å²) in [6.45, 7) is -0.0238. The Labute approximate surface area is 174 Å². The number of nitrogens with one attached hydrogen (secondary N) is 3. The van der Waals surface area contributed by atoms with Gasteiger partial charge in [-0.3, -0.25) is 4.79 Å². The fourth-order valence-corrected chi connectivity index (χ4v) is 4.38. The average Bonchev–Trinajstić information content (AvgIpc) is 3.08. The minimum absolute atomic E-state index is 0.299. The van der Waals surface area contributed by atoms with Gasteiger partial charge in [0.05, 0.1) is 15.1 Å². The van der Waals surface area contributed by atoms with Gasteiger partial charge in [-0.1, -0.05) is 23.5 Å². The van der Waals surface area contributed by atoms with E-state index in [1.165, 1.54) is 28.2 Å². The van der Waals surface area contributed by atoms with Crippen molar-refractivity contribution < 1.29 is 26.4 Å². The van der Waals surface area contributed by atoms with Crippen molar-refractivity contribution in [2.45, 2.75) is 24.0 Å². The molecule has 0 bridgehead atoms. The predicted molar refractivity (Wildman–Crippen MR) is 109 cm³/mol. The fourth-order valence-electron chi connectivity index (χ4n) is 2.41. The van der Waals surface area contributed by atoms with Crippen LogP contribution in [0.1, 0.15) is 6.92 Å². The highest BCUT2D eigenvalue weighted by Gasteiger charge is 2.30. The lowest BCUT2D eigenvalue weighted by atomic mass is 10.2. The summed E-state index contributed by atoms with van der Waals surface area (Å²) in [5, 5.41) is 6.19. The van der Waals surface area contributed by atoms with Crippen LogP contribution in [0.2, 0.25) is 0 Å². The van der Waals surface area contributed by atoms with E-state index in [0.29, 0.717) is 10.8 Å². The quantitative estimate of drug-likeness (QED) is 0.503. The largest absolute Gasteiger partial charge is 0.402 e. The molecule has 0 aliphatic carbocycles. The topological polar surface area (TPSA) is 100 Å². The summed E-state index contributed by atoms with van der Waals surface area (Å²) in [7, 11) is -4.31. The SMILES string of the molecule is CC(Nc1nc2ccccc2s1)C(=O)Nc1ccc(S(=O)(=O)NCC(F)(F)F)cc1. The van der Waals surface area contributed by atoms with Crippen molar-refractivity contribution in [3.05, 3.63) is 48.5 Å². The monoisotopic (exact) mass is 458 g/mol. The van der Waals surface area contributed by atoms with Crippen LogP contribution in [0.15, 0.2) is 53.4 Å². The minimum atomic E-state index is -4.66. The highest BCUT2D eigenvalue weighted by atomic mass is 32.2. The molecule has 1 atom stereocenters. The van der Waals surface area contributed by atoms with Gasteiger partial charge in [-0.05, 0) is 43.3 Å². The molecule has 160 valence electrons. The van der Waals surface area contributed by atoms with Crippen molar-refractivity contribution in [2.24, 2.45) is 0 Å². The van der Waals surface area contributed by atoms with E-state index in [-0.39, 0.29) is 10.8 Å². The van der Waals surface area contributed by atoms with E-state index >= 15 is 0 Å². The van der Waals surface area contributed by atoms with E-state index < -0.39 is 28.8 Å². The second kappa shape index (κ2) is 8.58. The average molecular weight is 458 g/mol. The lowest BCUT2D eigenvalue weighted by molar-refractivity contribution is -0.121. The maximum Gasteiger partial charge on any atom is 0.402 e. The van der Waals surface area contributed by atoms with Gasteiger partial charge in [-0.15, -0.1) is 0 Å². The van der Waals surface area contributed by atoms with E-state index in [4.69, 9.17) is 0 Å². The second-order valence-corrected chi connectivity index (χ2v) is 9.10. The van der Waals surface area contributed by atoms with Gasteiger partial charge in [0.2, 0.25) is 15.9 Å². The van der Waals surface area contributed by atoms with Gasteiger partial charge < -0.3 is 10.6 Å². The van der Waals surface area contributed by atoms with Gasteiger partial charge in [0.1, 0.15) is 12.6 Å². The number of alkyl halides is 3. The van der Waals surface area contributed by atoms with Crippen LogP contribution in [-0.4, -0.2) is 38.1 Å². The summed E-state index contributed by atoms with van der Waals surface area (Å²) >= 11 is 1.40. The highest BCUT2D eigenvalue weighted by molar-refractivity contribution is 7.89. The van der Waals surface area contributed by atoms with E-state index in [9.17, 15) is 26.4 Å². The van der Waals surface area contributed by atoms with E-state index in [1.54, 1.807) is 6.92 Å².